The summed E-state index contributed by atoms with van der Waals surface area (Å²) in [6.07, 6.45) is 7.17. The summed E-state index contributed by atoms with van der Waals surface area (Å²) in [5.74, 6) is 0.0400. The van der Waals surface area contributed by atoms with Crippen LogP contribution < -0.4 is 0 Å². The molecule has 0 bridgehead atoms. The summed E-state index contributed by atoms with van der Waals surface area (Å²) in [7, 11) is 0. The molecule has 152 valence electrons. The highest BCUT2D eigenvalue weighted by Crippen LogP contribution is 2.69. The van der Waals surface area contributed by atoms with Crippen molar-refractivity contribution in [1.82, 2.24) is 0 Å². The molecule has 0 unspecified atom stereocenters. The van der Waals surface area contributed by atoms with E-state index in [-0.39, 0.29) is 47.6 Å². The maximum absolute atomic E-state index is 12.9. The summed E-state index contributed by atoms with van der Waals surface area (Å²) in [6.45, 7) is 3.63. The maximum atomic E-state index is 12.9. The van der Waals surface area contributed by atoms with E-state index in [1.54, 1.807) is 12.2 Å². The molecule has 2 N–H and O–H groups in total. The molecule has 1 aliphatic heterocycles. The number of ether oxygens (including phenoxy) is 2. The molecule has 4 aliphatic carbocycles. The number of aliphatic hydroxyl groups excluding tert-OH is 2. The van der Waals surface area contributed by atoms with Crippen LogP contribution in [-0.4, -0.2) is 53.0 Å². The van der Waals surface area contributed by atoms with E-state index >= 15 is 0 Å². The molecular formula is C22H28O6. The third-order valence-electron chi connectivity index (χ3n) is 8.77. The quantitative estimate of drug-likeness (QED) is 0.746. The minimum atomic E-state index is -1.17. The third kappa shape index (κ3) is 2.02. The first-order valence-electron chi connectivity index (χ1n) is 10.3. The highest BCUT2D eigenvalue weighted by molar-refractivity contribution is 6.01. The van der Waals surface area contributed by atoms with E-state index in [2.05, 4.69) is 6.92 Å². The van der Waals surface area contributed by atoms with Crippen LogP contribution in [0.3, 0.4) is 0 Å². The fourth-order valence-electron chi connectivity index (χ4n) is 7.65. The number of hydrogen-bond donors (Lipinski definition) is 2. The van der Waals surface area contributed by atoms with Crippen molar-refractivity contribution in [3.8, 4) is 0 Å². The number of fused-ring (bicyclic) bond motifs is 7. The van der Waals surface area contributed by atoms with Crippen LogP contribution in [0.15, 0.2) is 23.8 Å². The zero-order chi connectivity index (χ0) is 19.9. The molecule has 8 atom stereocenters. The average Bonchev–Trinajstić information content (AvgIpc) is 3.18. The maximum Gasteiger partial charge on any atom is 0.193 e. The predicted molar refractivity (Wildman–Crippen MR) is 99.0 cm³/mol. The first-order chi connectivity index (χ1) is 13.3. The number of carbonyl (C=O) groups is 2. The molecule has 0 radical (unpaired) electrons. The van der Waals surface area contributed by atoms with E-state index in [4.69, 9.17) is 9.47 Å². The second kappa shape index (κ2) is 5.85. The normalized spacial score (nSPS) is 51.8. The summed E-state index contributed by atoms with van der Waals surface area (Å²) < 4.78 is 11.8. The van der Waals surface area contributed by atoms with Crippen LogP contribution >= 0.6 is 0 Å². The predicted octanol–water partition coefficient (Wildman–Crippen LogP) is 1.55. The molecule has 0 aromatic rings. The minimum absolute atomic E-state index is 0.00460. The van der Waals surface area contributed by atoms with Gasteiger partial charge in [0.2, 0.25) is 0 Å². The van der Waals surface area contributed by atoms with Crippen molar-refractivity contribution >= 4 is 11.6 Å². The smallest absolute Gasteiger partial charge is 0.193 e. The summed E-state index contributed by atoms with van der Waals surface area (Å²) in [4.78, 5) is 24.8. The van der Waals surface area contributed by atoms with Crippen LogP contribution in [0, 0.1) is 28.6 Å². The lowest BCUT2D eigenvalue weighted by molar-refractivity contribution is -0.185. The van der Waals surface area contributed by atoms with Crippen LogP contribution in [0.5, 0.6) is 0 Å². The first kappa shape index (κ1) is 18.7. The number of ketones is 2. The van der Waals surface area contributed by atoms with Crippen molar-refractivity contribution < 1.29 is 29.3 Å². The molecule has 4 fully saturated rings. The standard InChI is InChI=1S/C22H28O6/c1-20-6-5-13(24)7-12(20)3-4-14-15-8-18-22(17(26)10-23,28-11-27-18)21(15,2)9-16(25)19(14)20/h5-7,14-16,18-19,23,25H,3-4,8-11H2,1-2H3/t14-,15-,16-,18+,19+,20-,21-,22+/m0/s1. The van der Waals surface area contributed by atoms with Gasteiger partial charge < -0.3 is 19.7 Å². The molecule has 0 amide bonds. The second-order valence-electron chi connectivity index (χ2n) is 9.68. The number of allylic oxidation sites excluding steroid dienone is 4. The number of rotatable bonds is 2. The second-order valence-corrected chi connectivity index (χ2v) is 9.68. The largest absolute Gasteiger partial charge is 0.393 e. The Kier molecular flexibility index (Phi) is 3.90. The minimum Gasteiger partial charge on any atom is -0.393 e. The molecule has 3 saturated carbocycles. The van der Waals surface area contributed by atoms with Gasteiger partial charge in [0.15, 0.2) is 17.2 Å². The molecule has 28 heavy (non-hydrogen) atoms. The van der Waals surface area contributed by atoms with Gasteiger partial charge in [-0.2, -0.15) is 0 Å². The van der Waals surface area contributed by atoms with E-state index in [0.717, 1.165) is 18.4 Å². The Labute approximate surface area is 164 Å². The van der Waals surface area contributed by atoms with Crippen molar-refractivity contribution in [3.63, 3.8) is 0 Å². The van der Waals surface area contributed by atoms with Gasteiger partial charge in [-0.15, -0.1) is 0 Å². The van der Waals surface area contributed by atoms with E-state index in [1.807, 2.05) is 13.0 Å². The summed E-state index contributed by atoms with van der Waals surface area (Å²) in [6, 6.07) is 0. The molecule has 1 saturated heterocycles. The van der Waals surface area contributed by atoms with Crippen molar-refractivity contribution in [2.24, 2.45) is 28.6 Å². The molecule has 0 aromatic heterocycles. The van der Waals surface area contributed by atoms with Gasteiger partial charge >= 0.3 is 0 Å². The zero-order valence-electron chi connectivity index (χ0n) is 16.4. The van der Waals surface area contributed by atoms with Gasteiger partial charge in [-0.05, 0) is 49.7 Å². The van der Waals surface area contributed by atoms with E-state index in [0.29, 0.717) is 12.8 Å². The summed E-state index contributed by atoms with van der Waals surface area (Å²) in [5.41, 5.74) is -0.991. The molecule has 6 nitrogen and oxygen atoms in total. The monoisotopic (exact) mass is 388 g/mol. The molecule has 5 rings (SSSR count). The van der Waals surface area contributed by atoms with Gasteiger partial charge in [-0.25, -0.2) is 0 Å². The zero-order valence-corrected chi connectivity index (χ0v) is 16.4. The Bertz CT molecular complexity index is 801. The van der Waals surface area contributed by atoms with Gasteiger partial charge in [0.1, 0.15) is 13.4 Å². The third-order valence-corrected chi connectivity index (χ3v) is 8.77. The molecule has 6 heteroatoms. The Morgan fingerprint density at radius 1 is 1.36 bits per heavy atom. The average molecular weight is 388 g/mol. The van der Waals surface area contributed by atoms with Gasteiger partial charge in [-0.1, -0.05) is 25.5 Å². The van der Waals surface area contributed by atoms with Crippen molar-refractivity contribution in [3.05, 3.63) is 23.8 Å². The van der Waals surface area contributed by atoms with Gasteiger partial charge in [0.25, 0.3) is 0 Å². The van der Waals surface area contributed by atoms with Gasteiger partial charge in [0, 0.05) is 16.7 Å². The lowest BCUT2D eigenvalue weighted by atomic mass is 9.46. The van der Waals surface area contributed by atoms with Crippen molar-refractivity contribution in [2.75, 3.05) is 13.4 Å². The van der Waals surface area contributed by atoms with Crippen LogP contribution in [0.25, 0.3) is 0 Å². The Morgan fingerprint density at radius 3 is 2.89 bits per heavy atom. The van der Waals surface area contributed by atoms with Crippen LogP contribution in [0.4, 0.5) is 0 Å². The molecule has 1 heterocycles. The van der Waals surface area contributed by atoms with Gasteiger partial charge in [-0.3, -0.25) is 9.59 Å². The van der Waals surface area contributed by atoms with E-state index in [9.17, 15) is 19.8 Å². The fourth-order valence-corrected chi connectivity index (χ4v) is 7.65. The Hall–Kier alpha value is -1.34. The molecule has 0 aromatic carbocycles. The SMILES string of the molecule is C[C@]12C=CC(=O)C=C1CC[C@@H]1[C@@H]2[C@@H](O)C[C@@]2(C)[C@H]1C[C@H]1OCO[C@]12C(=O)CO. The molecule has 5 aliphatic rings. The van der Waals surface area contributed by atoms with E-state index < -0.39 is 23.7 Å². The van der Waals surface area contributed by atoms with Crippen LogP contribution in [0.1, 0.15) is 39.5 Å². The number of Topliss-reactive ketones (excluding diaryl/α,β-unsaturated/α-hetero) is 1. The highest BCUT2D eigenvalue weighted by Gasteiger charge is 2.74. The van der Waals surface area contributed by atoms with Crippen molar-refractivity contribution in [2.45, 2.75) is 57.3 Å². The van der Waals surface area contributed by atoms with Crippen LogP contribution in [0.2, 0.25) is 0 Å². The lowest BCUT2D eigenvalue weighted by Gasteiger charge is -2.59. The highest BCUT2D eigenvalue weighted by atomic mass is 16.7. The Balaban J connectivity index is 1.59. The van der Waals surface area contributed by atoms with Crippen molar-refractivity contribution in [1.29, 1.82) is 0 Å². The Morgan fingerprint density at radius 2 is 2.14 bits per heavy atom. The summed E-state index contributed by atoms with van der Waals surface area (Å²) in [5, 5.41) is 21.0. The van der Waals surface area contributed by atoms with E-state index in [1.165, 1.54) is 0 Å². The topological polar surface area (TPSA) is 93.1 Å². The fraction of sp³-hybridized carbons (Fsp3) is 0.727. The number of carbonyl (C=O) groups excluding carboxylic acids is 2. The lowest BCUT2D eigenvalue weighted by Crippen LogP contribution is -2.63. The number of hydrogen-bond acceptors (Lipinski definition) is 6. The first-order valence-corrected chi connectivity index (χ1v) is 10.3. The summed E-state index contributed by atoms with van der Waals surface area (Å²) >= 11 is 0. The molecule has 0 spiro atoms. The van der Waals surface area contributed by atoms with Crippen LogP contribution in [-0.2, 0) is 19.1 Å². The van der Waals surface area contributed by atoms with Gasteiger partial charge in [0.05, 0.1) is 12.2 Å². The number of aliphatic hydroxyl groups is 2. The molecular weight excluding hydrogens is 360 g/mol.